The van der Waals surface area contributed by atoms with E-state index < -0.39 is 11.9 Å². The zero-order valence-corrected chi connectivity index (χ0v) is 9.78. The third-order valence-electron chi connectivity index (χ3n) is 2.01. The van der Waals surface area contributed by atoms with Gasteiger partial charge >= 0.3 is 11.9 Å². The molecule has 0 spiro atoms. The van der Waals surface area contributed by atoms with Gasteiger partial charge in [-0.05, 0) is 19.8 Å². The number of unbranched alkanes of at least 4 members (excludes halogenated alkanes) is 1. The predicted octanol–water partition coefficient (Wildman–Crippen LogP) is 2.31. The van der Waals surface area contributed by atoms with Crippen LogP contribution >= 0.6 is 0 Å². The van der Waals surface area contributed by atoms with E-state index in [1.165, 1.54) is 13.0 Å². The summed E-state index contributed by atoms with van der Waals surface area (Å²) in [5, 5.41) is 8.59. The summed E-state index contributed by atoms with van der Waals surface area (Å²) < 4.78 is 4.92. The van der Waals surface area contributed by atoms with E-state index in [1.807, 2.05) is 6.92 Å². The van der Waals surface area contributed by atoms with Crippen molar-refractivity contribution >= 4 is 11.9 Å². The summed E-state index contributed by atoms with van der Waals surface area (Å²) in [7, 11) is 0. The van der Waals surface area contributed by atoms with Crippen LogP contribution in [-0.4, -0.2) is 23.7 Å². The van der Waals surface area contributed by atoms with E-state index in [4.69, 9.17) is 9.84 Å². The third-order valence-corrected chi connectivity index (χ3v) is 2.01. The number of rotatable bonds is 7. The first kappa shape index (κ1) is 14.4. The maximum absolute atomic E-state index is 11.3. The van der Waals surface area contributed by atoms with Crippen LogP contribution in [0.5, 0.6) is 0 Å². The fourth-order valence-corrected chi connectivity index (χ4v) is 0.858. The molecule has 0 fully saturated rings. The van der Waals surface area contributed by atoms with Gasteiger partial charge in [0.05, 0.1) is 6.61 Å². The Balaban J connectivity index is 4.02. The number of hydrogen-bond acceptors (Lipinski definition) is 3. The van der Waals surface area contributed by atoms with E-state index in [-0.39, 0.29) is 17.6 Å². The molecular weight excluding hydrogens is 208 g/mol. The first-order chi connectivity index (χ1) is 7.49. The molecular formula is C12H18O4. The SMILES string of the molecule is C=C(CC=C(C)C(=O)O)C(=O)OCCCC. The highest BCUT2D eigenvalue weighted by Gasteiger charge is 2.07. The highest BCUT2D eigenvalue weighted by Crippen LogP contribution is 2.06. The number of carbonyl (C=O) groups is 2. The highest BCUT2D eigenvalue weighted by molar-refractivity contribution is 5.89. The predicted molar refractivity (Wildman–Crippen MR) is 61.0 cm³/mol. The molecule has 0 amide bonds. The zero-order valence-electron chi connectivity index (χ0n) is 9.78. The number of ether oxygens (including phenoxy) is 1. The molecule has 0 radical (unpaired) electrons. The highest BCUT2D eigenvalue weighted by atomic mass is 16.5. The average Bonchev–Trinajstić information content (AvgIpc) is 2.25. The Kier molecular flexibility index (Phi) is 6.92. The Morgan fingerprint density at radius 2 is 2.06 bits per heavy atom. The van der Waals surface area contributed by atoms with Crippen molar-refractivity contribution in [2.24, 2.45) is 0 Å². The summed E-state index contributed by atoms with van der Waals surface area (Å²) in [6.45, 7) is 7.41. The Labute approximate surface area is 95.6 Å². The maximum atomic E-state index is 11.3. The van der Waals surface area contributed by atoms with Gasteiger partial charge in [0.1, 0.15) is 0 Å². The number of carboxylic acid groups (broad SMARTS) is 1. The van der Waals surface area contributed by atoms with Crippen LogP contribution in [0.2, 0.25) is 0 Å². The molecule has 0 heterocycles. The molecule has 0 aliphatic carbocycles. The summed E-state index contributed by atoms with van der Waals surface area (Å²) in [5.41, 5.74) is 0.471. The van der Waals surface area contributed by atoms with Crippen LogP contribution in [0, 0.1) is 0 Å². The third kappa shape index (κ3) is 6.01. The van der Waals surface area contributed by atoms with Crippen molar-refractivity contribution in [3.63, 3.8) is 0 Å². The Bertz CT molecular complexity index is 302. The van der Waals surface area contributed by atoms with Crippen LogP contribution in [0.25, 0.3) is 0 Å². The van der Waals surface area contributed by atoms with Crippen molar-refractivity contribution in [3.05, 3.63) is 23.8 Å². The molecule has 0 bridgehead atoms. The topological polar surface area (TPSA) is 63.6 Å². The smallest absolute Gasteiger partial charge is 0.333 e. The molecule has 16 heavy (non-hydrogen) atoms. The molecule has 4 heteroatoms. The van der Waals surface area contributed by atoms with Crippen molar-refractivity contribution in [1.29, 1.82) is 0 Å². The van der Waals surface area contributed by atoms with Crippen molar-refractivity contribution in [2.45, 2.75) is 33.1 Å². The second-order valence-corrected chi connectivity index (χ2v) is 3.49. The summed E-state index contributed by atoms with van der Waals surface area (Å²) in [5.74, 6) is -1.45. The van der Waals surface area contributed by atoms with Crippen LogP contribution in [0.3, 0.4) is 0 Å². The van der Waals surface area contributed by atoms with Gasteiger partial charge in [-0.15, -0.1) is 0 Å². The van der Waals surface area contributed by atoms with Gasteiger partial charge in [-0.25, -0.2) is 9.59 Å². The number of carboxylic acids is 1. The van der Waals surface area contributed by atoms with Crippen molar-refractivity contribution < 1.29 is 19.4 Å². The second kappa shape index (κ2) is 7.68. The van der Waals surface area contributed by atoms with Gasteiger partial charge in [-0.1, -0.05) is 26.0 Å². The molecule has 0 aliphatic rings. The second-order valence-electron chi connectivity index (χ2n) is 3.49. The lowest BCUT2D eigenvalue weighted by molar-refractivity contribution is -0.139. The van der Waals surface area contributed by atoms with E-state index in [9.17, 15) is 9.59 Å². The molecule has 90 valence electrons. The Hall–Kier alpha value is -1.58. The van der Waals surface area contributed by atoms with Gasteiger partial charge in [-0.3, -0.25) is 0 Å². The number of carbonyl (C=O) groups excluding carboxylic acids is 1. The quantitative estimate of drug-likeness (QED) is 0.411. The minimum absolute atomic E-state index is 0.197. The molecule has 0 aliphatic heterocycles. The largest absolute Gasteiger partial charge is 0.478 e. The molecule has 0 saturated heterocycles. The monoisotopic (exact) mass is 226 g/mol. The van der Waals surface area contributed by atoms with E-state index in [0.29, 0.717) is 6.61 Å². The first-order valence-corrected chi connectivity index (χ1v) is 5.24. The van der Waals surface area contributed by atoms with Gasteiger partial charge < -0.3 is 9.84 Å². The minimum Gasteiger partial charge on any atom is -0.478 e. The molecule has 0 unspecified atom stereocenters. The van der Waals surface area contributed by atoms with E-state index in [2.05, 4.69) is 6.58 Å². The van der Waals surface area contributed by atoms with Crippen LogP contribution in [0.1, 0.15) is 33.1 Å². The van der Waals surface area contributed by atoms with E-state index in [0.717, 1.165) is 12.8 Å². The van der Waals surface area contributed by atoms with Crippen molar-refractivity contribution in [2.75, 3.05) is 6.61 Å². The standard InChI is InChI=1S/C12H18O4/c1-4-5-8-16-12(15)10(3)7-6-9(2)11(13)14/h6H,3-5,7-8H2,1-2H3,(H,13,14). The number of allylic oxidation sites excluding steroid dienone is 1. The first-order valence-electron chi connectivity index (χ1n) is 5.24. The van der Waals surface area contributed by atoms with Gasteiger partial charge in [0.25, 0.3) is 0 Å². The number of aliphatic carboxylic acids is 1. The van der Waals surface area contributed by atoms with Crippen molar-refractivity contribution in [3.8, 4) is 0 Å². The summed E-state index contributed by atoms with van der Waals surface area (Å²) >= 11 is 0. The van der Waals surface area contributed by atoms with Gasteiger partial charge in [0.15, 0.2) is 0 Å². The van der Waals surface area contributed by atoms with Crippen LogP contribution in [-0.2, 0) is 14.3 Å². The van der Waals surface area contributed by atoms with Crippen LogP contribution in [0.4, 0.5) is 0 Å². The molecule has 0 rings (SSSR count). The normalized spacial score (nSPS) is 11.0. The van der Waals surface area contributed by atoms with E-state index in [1.54, 1.807) is 0 Å². The summed E-state index contributed by atoms with van der Waals surface area (Å²) in [6.07, 6.45) is 3.44. The summed E-state index contributed by atoms with van der Waals surface area (Å²) in [4.78, 5) is 21.8. The fourth-order valence-electron chi connectivity index (χ4n) is 0.858. The Morgan fingerprint density at radius 3 is 2.56 bits per heavy atom. The number of hydrogen-bond donors (Lipinski definition) is 1. The zero-order chi connectivity index (χ0) is 12.6. The maximum Gasteiger partial charge on any atom is 0.333 e. The van der Waals surface area contributed by atoms with Gasteiger partial charge in [0.2, 0.25) is 0 Å². The van der Waals surface area contributed by atoms with Crippen molar-refractivity contribution in [1.82, 2.24) is 0 Å². The fraction of sp³-hybridized carbons (Fsp3) is 0.500. The molecule has 0 aromatic heterocycles. The molecule has 1 N–H and O–H groups in total. The molecule has 4 nitrogen and oxygen atoms in total. The lowest BCUT2D eigenvalue weighted by atomic mass is 10.1. The molecule has 0 aromatic rings. The molecule has 0 aromatic carbocycles. The van der Waals surface area contributed by atoms with E-state index >= 15 is 0 Å². The van der Waals surface area contributed by atoms with Crippen LogP contribution in [0.15, 0.2) is 23.8 Å². The molecule has 0 atom stereocenters. The summed E-state index contributed by atoms with van der Waals surface area (Å²) in [6, 6.07) is 0. The minimum atomic E-state index is -0.993. The Morgan fingerprint density at radius 1 is 1.44 bits per heavy atom. The average molecular weight is 226 g/mol. The lowest BCUT2D eigenvalue weighted by Crippen LogP contribution is -2.08. The van der Waals surface area contributed by atoms with Gasteiger partial charge in [0, 0.05) is 11.1 Å². The lowest BCUT2D eigenvalue weighted by Gasteiger charge is -2.04. The van der Waals surface area contributed by atoms with Crippen LogP contribution < -0.4 is 0 Å². The molecule has 0 saturated carbocycles. The number of esters is 1. The van der Waals surface area contributed by atoms with Gasteiger partial charge in [-0.2, -0.15) is 0 Å².